The van der Waals surface area contributed by atoms with Gasteiger partial charge >= 0.3 is 5.97 Å². The number of hydrogen-bond donors (Lipinski definition) is 1. The minimum Gasteiger partial charge on any atom is -0.481 e. The van der Waals surface area contributed by atoms with Crippen LogP contribution in [0.15, 0.2) is 24.3 Å². The van der Waals surface area contributed by atoms with E-state index in [4.69, 9.17) is 0 Å². The third-order valence-corrected chi connectivity index (χ3v) is 5.02. The molecule has 0 spiro atoms. The van der Waals surface area contributed by atoms with Crippen LogP contribution in [0.1, 0.15) is 31.4 Å². The largest absolute Gasteiger partial charge is 0.481 e. The smallest absolute Gasteiger partial charge is 0.307 e. The molecule has 0 radical (unpaired) electrons. The van der Waals surface area contributed by atoms with Crippen LogP contribution in [0.5, 0.6) is 0 Å². The minimum atomic E-state index is -0.853. The van der Waals surface area contributed by atoms with Gasteiger partial charge in [0, 0.05) is 13.1 Å². The number of rotatable bonds is 2. The molecule has 2 atom stereocenters. The highest BCUT2D eigenvalue weighted by Gasteiger charge is 2.66. The average Bonchev–Trinajstić information content (AvgIpc) is 3.07. The molecule has 0 aromatic heterocycles. The van der Waals surface area contributed by atoms with Gasteiger partial charge in [0.05, 0.1) is 11.8 Å². The van der Waals surface area contributed by atoms with Crippen molar-refractivity contribution in [2.75, 3.05) is 6.54 Å². The first-order chi connectivity index (χ1) is 9.93. The molecule has 1 aromatic carbocycles. The van der Waals surface area contributed by atoms with Crippen molar-refractivity contribution in [2.24, 2.45) is 17.3 Å². The van der Waals surface area contributed by atoms with Crippen LogP contribution in [0.3, 0.4) is 0 Å². The number of amides is 1. The van der Waals surface area contributed by atoms with E-state index in [0.29, 0.717) is 13.1 Å². The summed E-state index contributed by atoms with van der Waals surface area (Å²) in [6, 6.07) is 8.20. The molecule has 1 N–H and O–H groups in total. The Balaban J connectivity index is 1.79. The molecule has 1 amide bonds. The van der Waals surface area contributed by atoms with E-state index in [1.807, 2.05) is 30.9 Å². The molecule has 1 fully saturated rings. The van der Waals surface area contributed by atoms with Crippen LogP contribution in [0.4, 0.5) is 0 Å². The lowest BCUT2D eigenvalue weighted by molar-refractivity contribution is -0.142. The fraction of sp³-hybridized carbons (Fsp3) is 0.529. The summed E-state index contributed by atoms with van der Waals surface area (Å²) in [6.45, 7) is 5.07. The van der Waals surface area contributed by atoms with Gasteiger partial charge in [-0.05, 0) is 29.4 Å². The summed E-state index contributed by atoms with van der Waals surface area (Å²) in [5.74, 6) is -1.76. The third kappa shape index (κ3) is 2.33. The molecule has 112 valence electrons. The summed E-state index contributed by atoms with van der Waals surface area (Å²) in [5.41, 5.74) is 2.07. The van der Waals surface area contributed by atoms with Crippen molar-refractivity contribution in [3.63, 3.8) is 0 Å². The van der Waals surface area contributed by atoms with Crippen molar-refractivity contribution in [2.45, 2.75) is 33.2 Å². The van der Waals surface area contributed by atoms with Gasteiger partial charge in [-0.2, -0.15) is 0 Å². The minimum absolute atomic E-state index is 0.00380. The zero-order valence-corrected chi connectivity index (χ0v) is 12.5. The number of aliphatic carboxylic acids is 1. The highest BCUT2D eigenvalue weighted by Crippen LogP contribution is 2.59. The average molecular weight is 287 g/mol. The van der Waals surface area contributed by atoms with Crippen LogP contribution in [0.2, 0.25) is 0 Å². The number of carbonyl (C=O) groups is 2. The van der Waals surface area contributed by atoms with E-state index in [9.17, 15) is 14.7 Å². The van der Waals surface area contributed by atoms with Crippen molar-refractivity contribution < 1.29 is 14.7 Å². The molecule has 1 aromatic rings. The molecule has 2 aliphatic rings. The molecular formula is C17H21NO3. The Labute approximate surface area is 124 Å². The Hall–Kier alpha value is -1.84. The van der Waals surface area contributed by atoms with E-state index < -0.39 is 17.3 Å². The number of hydrogen-bond acceptors (Lipinski definition) is 2. The lowest BCUT2D eigenvalue weighted by atomic mass is 10.0. The van der Waals surface area contributed by atoms with Crippen molar-refractivity contribution in [1.82, 2.24) is 4.90 Å². The van der Waals surface area contributed by atoms with Gasteiger partial charge in [0.2, 0.25) is 5.91 Å². The first-order valence-corrected chi connectivity index (χ1v) is 7.51. The quantitative estimate of drug-likeness (QED) is 0.908. The van der Waals surface area contributed by atoms with Gasteiger partial charge < -0.3 is 10.0 Å². The van der Waals surface area contributed by atoms with E-state index in [2.05, 4.69) is 12.1 Å². The summed E-state index contributed by atoms with van der Waals surface area (Å²) >= 11 is 0. The number of fused-ring (bicyclic) bond motifs is 1. The molecule has 1 heterocycles. The molecule has 1 saturated carbocycles. The maximum absolute atomic E-state index is 12.7. The van der Waals surface area contributed by atoms with Crippen molar-refractivity contribution in [3.8, 4) is 0 Å². The van der Waals surface area contributed by atoms with Crippen molar-refractivity contribution >= 4 is 11.9 Å². The SMILES string of the molecule is CC1(C)C(C(=O)O)C1C(=O)N1CCCc2ccccc2C1. The molecule has 0 saturated heterocycles. The maximum Gasteiger partial charge on any atom is 0.307 e. The maximum atomic E-state index is 12.7. The summed E-state index contributed by atoms with van der Waals surface area (Å²) in [7, 11) is 0. The summed E-state index contributed by atoms with van der Waals surface area (Å²) < 4.78 is 0. The first-order valence-electron chi connectivity index (χ1n) is 7.51. The second-order valence-corrected chi connectivity index (χ2v) is 6.75. The van der Waals surface area contributed by atoms with Gasteiger partial charge in [-0.25, -0.2) is 0 Å². The topological polar surface area (TPSA) is 57.6 Å². The van der Waals surface area contributed by atoms with E-state index in [1.54, 1.807) is 0 Å². The standard InChI is InChI=1S/C17H21NO3/c1-17(2)13(14(17)16(20)21)15(19)18-9-5-8-11-6-3-4-7-12(11)10-18/h3-4,6-7,13-14H,5,8-10H2,1-2H3,(H,20,21). The number of carbonyl (C=O) groups excluding carboxylic acids is 1. The molecule has 0 bridgehead atoms. The highest BCUT2D eigenvalue weighted by molar-refractivity contribution is 5.91. The fourth-order valence-electron chi connectivity index (χ4n) is 3.65. The summed E-state index contributed by atoms with van der Waals surface area (Å²) in [4.78, 5) is 25.8. The highest BCUT2D eigenvalue weighted by atomic mass is 16.4. The van der Waals surface area contributed by atoms with Gasteiger partial charge in [0.25, 0.3) is 0 Å². The van der Waals surface area contributed by atoms with Gasteiger partial charge in [-0.15, -0.1) is 0 Å². The summed E-state index contributed by atoms with van der Waals surface area (Å²) in [6.07, 6.45) is 1.92. The van der Waals surface area contributed by atoms with E-state index in [-0.39, 0.29) is 11.8 Å². The van der Waals surface area contributed by atoms with Gasteiger partial charge in [-0.3, -0.25) is 9.59 Å². The number of carboxylic acid groups (broad SMARTS) is 1. The zero-order chi connectivity index (χ0) is 15.2. The van der Waals surface area contributed by atoms with Crippen LogP contribution in [0, 0.1) is 17.3 Å². The molecule has 4 nitrogen and oxygen atoms in total. The van der Waals surface area contributed by atoms with Crippen LogP contribution in [0.25, 0.3) is 0 Å². The van der Waals surface area contributed by atoms with E-state index in [1.165, 1.54) is 11.1 Å². The molecule has 4 heteroatoms. The van der Waals surface area contributed by atoms with E-state index in [0.717, 1.165) is 12.8 Å². The predicted octanol–water partition coefficient (Wildman–Crippen LogP) is 2.32. The molecular weight excluding hydrogens is 266 g/mol. The van der Waals surface area contributed by atoms with Crippen LogP contribution in [-0.2, 0) is 22.6 Å². The Morgan fingerprint density at radius 2 is 1.86 bits per heavy atom. The normalized spacial score (nSPS) is 26.7. The van der Waals surface area contributed by atoms with Gasteiger partial charge in [0.1, 0.15) is 0 Å². The van der Waals surface area contributed by atoms with Crippen molar-refractivity contribution in [3.05, 3.63) is 35.4 Å². The summed E-state index contributed by atoms with van der Waals surface area (Å²) in [5, 5.41) is 9.25. The lowest BCUT2D eigenvalue weighted by Gasteiger charge is -2.21. The fourth-order valence-corrected chi connectivity index (χ4v) is 3.65. The van der Waals surface area contributed by atoms with Crippen LogP contribution < -0.4 is 0 Å². The molecule has 3 rings (SSSR count). The number of benzene rings is 1. The number of carboxylic acids is 1. The van der Waals surface area contributed by atoms with Gasteiger partial charge in [0.15, 0.2) is 0 Å². The number of nitrogens with zero attached hydrogens (tertiary/aromatic N) is 1. The second-order valence-electron chi connectivity index (χ2n) is 6.75. The van der Waals surface area contributed by atoms with Crippen LogP contribution in [-0.4, -0.2) is 28.4 Å². The second kappa shape index (κ2) is 4.86. The monoisotopic (exact) mass is 287 g/mol. The lowest BCUT2D eigenvalue weighted by Crippen LogP contribution is -2.33. The molecule has 1 aliphatic carbocycles. The Morgan fingerprint density at radius 1 is 1.19 bits per heavy atom. The number of aryl methyl sites for hydroxylation is 1. The van der Waals surface area contributed by atoms with Gasteiger partial charge in [-0.1, -0.05) is 38.1 Å². The predicted molar refractivity (Wildman–Crippen MR) is 78.6 cm³/mol. The molecule has 1 aliphatic heterocycles. The molecule has 2 unspecified atom stereocenters. The Kier molecular flexibility index (Phi) is 3.27. The van der Waals surface area contributed by atoms with E-state index >= 15 is 0 Å². The third-order valence-electron chi connectivity index (χ3n) is 5.02. The Morgan fingerprint density at radius 3 is 2.48 bits per heavy atom. The van der Waals surface area contributed by atoms with Crippen molar-refractivity contribution in [1.29, 1.82) is 0 Å². The first kappa shape index (κ1) is 14.1. The zero-order valence-electron chi connectivity index (χ0n) is 12.5. The van der Waals surface area contributed by atoms with Crippen LogP contribution >= 0.6 is 0 Å². The molecule has 21 heavy (non-hydrogen) atoms. The Bertz CT molecular complexity index is 593.